The minimum absolute atomic E-state index is 0.196. The summed E-state index contributed by atoms with van der Waals surface area (Å²) in [5, 5.41) is 2.87. The van der Waals surface area contributed by atoms with Crippen LogP contribution in [0.1, 0.15) is 32.3 Å². The van der Waals surface area contributed by atoms with Gasteiger partial charge in [-0.25, -0.2) is 4.79 Å². The summed E-state index contributed by atoms with van der Waals surface area (Å²) in [4.78, 5) is 14.1. The lowest BCUT2D eigenvalue weighted by molar-refractivity contribution is 0.111. The molecule has 0 aromatic heterocycles. The number of para-hydroxylation sites is 1. The summed E-state index contributed by atoms with van der Waals surface area (Å²) >= 11 is 0. The van der Waals surface area contributed by atoms with Gasteiger partial charge in [-0.2, -0.15) is 0 Å². The number of carbonyl (C=O) groups is 1. The average Bonchev–Trinajstić information content (AvgIpc) is 2.55. The third kappa shape index (κ3) is 6.76. The Hall–Kier alpha value is -1.79. The van der Waals surface area contributed by atoms with E-state index in [2.05, 4.69) is 19.2 Å². The molecule has 0 radical (unpaired) electrons. The maximum absolute atomic E-state index is 12.4. The number of nitrogens with zero attached hydrogens (tertiary/aromatic N) is 1. The van der Waals surface area contributed by atoms with Crippen LogP contribution in [0.4, 0.5) is 4.79 Å². The Kier molecular flexibility index (Phi) is 9.19. The zero-order valence-electron chi connectivity index (χ0n) is 15.4. The fourth-order valence-electron chi connectivity index (χ4n) is 2.27. The highest BCUT2D eigenvalue weighted by molar-refractivity contribution is 5.74. The van der Waals surface area contributed by atoms with Crippen molar-refractivity contribution in [3.8, 4) is 5.75 Å². The molecule has 1 N–H and O–H groups in total. The van der Waals surface area contributed by atoms with Crippen molar-refractivity contribution in [1.29, 1.82) is 0 Å². The summed E-state index contributed by atoms with van der Waals surface area (Å²) < 4.78 is 16.0. The Morgan fingerprint density at radius 1 is 1.08 bits per heavy atom. The van der Waals surface area contributed by atoms with Crippen LogP contribution in [0.5, 0.6) is 5.75 Å². The first-order valence-corrected chi connectivity index (χ1v) is 8.28. The van der Waals surface area contributed by atoms with Crippen molar-refractivity contribution in [3.05, 3.63) is 29.8 Å². The summed E-state index contributed by atoms with van der Waals surface area (Å²) in [6, 6.07) is 7.68. The second kappa shape index (κ2) is 10.9. The Bertz CT molecular complexity index is 486. The number of nitrogens with one attached hydrogen (secondary N) is 1. The molecule has 0 spiro atoms. The SMILES string of the molecule is COCCN(CCOC)C(=O)NC(C)Oc1ccccc1C(C)C. The molecule has 2 amide bonds. The van der Waals surface area contributed by atoms with Crippen LogP contribution < -0.4 is 10.1 Å². The average molecular weight is 338 g/mol. The quantitative estimate of drug-likeness (QED) is 0.667. The van der Waals surface area contributed by atoms with Crippen LogP contribution in [0, 0.1) is 0 Å². The lowest BCUT2D eigenvalue weighted by Crippen LogP contribution is -2.48. The molecule has 0 heterocycles. The Morgan fingerprint density at radius 2 is 1.67 bits per heavy atom. The third-order valence-electron chi connectivity index (χ3n) is 3.59. The smallest absolute Gasteiger partial charge is 0.320 e. The van der Waals surface area contributed by atoms with E-state index in [1.54, 1.807) is 19.1 Å². The van der Waals surface area contributed by atoms with Gasteiger partial charge in [0.15, 0.2) is 6.23 Å². The molecule has 6 heteroatoms. The summed E-state index contributed by atoms with van der Waals surface area (Å²) in [5.41, 5.74) is 1.12. The second-order valence-corrected chi connectivity index (χ2v) is 5.87. The highest BCUT2D eigenvalue weighted by Crippen LogP contribution is 2.26. The molecule has 1 atom stereocenters. The maximum Gasteiger partial charge on any atom is 0.320 e. The summed E-state index contributed by atoms with van der Waals surface area (Å²) in [5.74, 6) is 1.14. The van der Waals surface area contributed by atoms with Crippen molar-refractivity contribution < 1.29 is 19.0 Å². The molecule has 6 nitrogen and oxygen atoms in total. The van der Waals surface area contributed by atoms with Crippen molar-refractivity contribution in [1.82, 2.24) is 10.2 Å². The number of hydrogen-bond donors (Lipinski definition) is 1. The van der Waals surface area contributed by atoms with Crippen LogP contribution >= 0.6 is 0 Å². The van der Waals surface area contributed by atoms with Crippen LogP contribution in [-0.4, -0.2) is 57.7 Å². The molecular formula is C18H30N2O4. The van der Waals surface area contributed by atoms with Crippen LogP contribution in [-0.2, 0) is 9.47 Å². The number of amides is 2. The van der Waals surface area contributed by atoms with E-state index in [1.165, 1.54) is 0 Å². The molecule has 136 valence electrons. The fourth-order valence-corrected chi connectivity index (χ4v) is 2.27. The van der Waals surface area contributed by atoms with Crippen LogP contribution in [0.2, 0.25) is 0 Å². The fraction of sp³-hybridized carbons (Fsp3) is 0.611. The number of rotatable bonds is 10. The van der Waals surface area contributed by atoms with Gasteiger partial charge in [-0.3, -0.25) is 0 Å². The predicted octanol–water partition coefficient (Wildman–Crippen LogP) is 2.84. The molecule has 0 saturated carbocycles. The molecule has 0 aliphatic heterocycles. The zero-order chi connectivity index (χ0) is 17.9. The molecule has 0 saturated heterocycles. The molecule has 1 unspecified atom stereocenters. The summed E-state index contributed by atoms with van der Waals surface area (Å²) in [7, 11) is 3.22. The van der Waals surface area contributed by atoms with Crippen LogP contribution in [0.15, 0.2) is 24.3 Å². The van der Waals surface area contributed by atoms with Gasteiger partial charge in [-0.1, -0.05) is 32.0 Å². The van der Waals surface area contributed by atoms with E-state index >= 15 is 0 Å². The molecule has 0 fully saturated rings. The molecule has 1 aromatic carbocycles. The molecule has 1 rings (SSSR count). The summed E-state index contributed by atoms with van der Waals surface area (Å²) in [6.07, 6.45) is -0.440. The number of ether oxygens (including phenoxy) is 3. The topological polar surface area (TPSA) is 60.0 Å². The van der Waals surface area contributed by atoms with E-state index < -0.39 is 6.23 Å². The predicted molar refractivity (Wildman–Crippen MR) is 94.5 cm³/mol. The lowest BCUT2D eigenvalue weighted by Gasteiger charge is -2.26. The first-order chi connectivity index (χ1) is 11.5. The first-order valence-electron chi connectivity index (χ1n) is 8.28. The maximum atomic E-state index is 12.4. The minimum atomic E-state index is -0.440. The number of benzene rings is 1. The van der Waals surface area contributed by atoms with Crippen molar-refractivity contribution in [2.24, 2.45) is 0 Å². The third-order valence-corrected chi connectivity index (χ3v) is 3.59. The number of carbonyl (C=O) groups excluding carboxylic acids is 1. The molecule has 24 heavy (non-hydrogen) atoms. The standard InChI is InChI=1S/C18H30N2O4/c1-14(2)16-8-6-7-9-17(16)24-15(3)19-18(21)20(10-12-22-4)11-13-23-5/h6-9,14-15H,10-13H2,1-5H3,(H,19,21). The second-order valence-electron chi connectivity index (χ2n) is 5.87. The van der Waals surface area contributed by atoms with Crippen molar-refractivity contribution in [3.63, 3.8) is 0 Å². The molecule has 0 aliphatic carbocycles. The van der Waals surface area contributed by atoms with Crippen molar-refractivity contribution >= 4 is 6.03 Å². The normalized spacial score (nSPS) is 12.1. The van der Waals surface area contributed by atoms with Gasteiger partial charge < -0.3 is 24.4 Å². The Balaban J connectivity index is 2.64. The van der Waals surface area contributed by atoms with Crippen LogP contribution in [0.25, 0.3) is 0 Å². The van der Waals surface area contributed by atoms with E-state index in [9.17, 15) is 4.79 Å². The zero-order valence-corrected chi connectivity index (χ0v) is 15.4. The number of hydrogen-bond acceptors (Lipinski definition) is 4. The van der Waals surface area contributed by atoms with Gasteiger partial charge in [0.25, 0.3) is 0 Å². The highest BCUT2D eigenvalue weighted by Gasteiger charge is 2.17. The van der Waals surface area contributed by atoms with E-state index in [0.717, 1.165) is 11.3 Å². The monoisotopic (exact) mass is 338 g/mol. The lowest BCUT2D eigenvalue weighted by atomic mass is 10.0. The van der Waals surface area contributed by atoms with Gasteiger partial charge in [0.1, 0.15) is 5.75 Å². The molecule has 0 bridgehead atoms. The minimum Gasteiger partial charge on any atom is -0.471 e. The Labute approximate surface area is 145 Å². The van der Waals surface area contributed by atoms with Crippen molar-refractivity contribution in [2.45, 2.75) is 32.9 Å². The number of methoxy groups -OCH3 is 2. The molecular weight excluding hydrogens is 308 g/mol. The van der Waals surface area contributed by atoms with Gasteiger partial charge in [0.2, 0.25) is 0 Å². The van der Waals surface area contributed by atoms with E-state index in [4.69, 9.17) is 14.2 Å². The summed E-state index contributed by atoms with van der Waals surface area (Å²) in [6.45, 7) is 8.00. The van der Waals surface area contributed by atoms with Gasteiger partial charge in [0, 0.05) is 27.3 Å². The van der Waals surface area contributed by atoms with Gasteiger partial charge >= 0.3 is 6.03 Å². The van der Waals surface area contributed by atoms with Gasteiger partial charge in [-0.15, -0.1) is 0 Å². The Morgan fingerprint density at radius 3 is 2.21 bits per heavy atom. The van der Waals surface area contributed by atoms with Crippen LogP contribution in [0.3, 0.4) is 0 Å². The van der Waals surface area contributed by atoms with E-state index in [0.29, 0.717) is 32.2 Å². The highest BCUT2D eigenvalue weighted by atomic mass is 16.5. The number of urea groups is 1. The molecule has 1 aromatic rings. The molecule has 0 aliphatic rings. The van der Waals surface area contributed by atoms with E-state index in [1.807, 2.05) is 31.2 Å². The van der Waals surface area contributed by atoms with Gasteiger partial charge in [-0.05, 0) is 24.5 Å². The first kappa shape index (κ1) is 20.3. The van der Waals surface area contributed by atoms with Crippen molar-refractivity contribution in [2.75, 3.05) is 40.5 Å². The largest absolute Gasteiger partial charge is 0.471 e. The van der Waals surface area contributed by atoms with E-state index in [-0.39, 0.29) is 6.03 Å². The van der Waals surface area contributed by atoms with Gasteiger partial charge in [0.05, 0.1) is 13.2 Å².